The largest absolute Gasteiger partial charge is 0.493 e. The van der Waals surface area contributed by atoms with Crippen molar-refractivity contribution >= 4 is 22.7 Å². The lowest BCUT2D eigenvalue weighted by atomic mass is 10.1. The zero-order valence-electron chi connectivity index (χ0n) is 15.7. The molecular weight excluding hydrogens is 402 g/mol. The summed E-state index contributed by atoms with van der Waals surface area (Å²) in [6, 6.07) is 14.0. The number of hydrogen-bond donors (Lipinski definition) is 2. The number of benzene rings is 1. The summed E-state index contributed by atoms with van der Waals surface area (Å²) in [5.41, 5.74) is 5.73. The van der Waals surface area contributed by atoms with Crippen molar-refractivity contribution in [2.45, 2.75) is 13.8 Å². The van der Waals surface area contributed by atoms with Gasteiger partial charge in [0.25, 0.3) is 0 Å². The van der Waals surface area contributed by atoms with Gasteiger partial charge in [0.15, 0.2) is 0 Å². The van der Waals surface area contributed by atoms with Gasteiger partial charge < -0.3 is 5.11 Å². The van der Waals surface area contributed by atoms with Gasteiger partial charge in [-0.2, -0.15) is 10.2 Å². The molecule has 0 aliphatic carbocycles. The fourth-order valence-electron chi connectivity index (χ4n) is 3.40. The summed E-state index contributed by atoms with van der Waals surface area (Å²) in [6.45, 7) is 3.84. The van der Waals surface area contributed by atoms with Gasteiger partial charge in [-0.05, 0) is 37.4 Å². The summed E-state index contributed by atoms with van der Waals surface area (Å²) in [6.07, 6.45) is 0. The van der Waals surface area contributed by atoms with Crippen molar-refractivity contribution in [2.24, 2.45) is 0 Å². The highest BCUT2D eigenvalue weighted by Gasteiger charge is 2.26. The fraction of sp³-hybridized carbons (Fsp3) is 0.0952. The minimum absolute atomic E-state index is 0.0240. The third-order valence-electron chi connectivity index (χ3n) is 4.72. The molecular formula is C21H17N5OS2. The molecule has 0 fully saturated rings. The average Bonchev–Trinajstić information content (AvgIpc) is 3.50. The molecule has 0 saturated carbocycles. The molecule has 0 radical (unpaired) electrons. The standard InChI is InChI=1S/C21H17N5OS2/c1-12-17(20(27)24-23-12)19-18(13(2)25-26(19)14-7-4-3-5-8-14)21-22-15(11-29-21)16-9-6-10-28-16/h3-11H,1-2H3,(H2,23,24,27). The number of thiazole rings is 1. The lowest BCUT2D eigenvalue weighted by Crippen LogP contribution is -2.00. The number of aromatic hydroxyl groups is 1. The molecule has 0 spiro atoms. The van der Waals surface area contributed by atoms with Crippen LogP contribution in [0.2, 0.25) is 0 Å². The van der Waals surface area contributed by atoms with E-state index in [4.69, 9.17) is 10.1 Å². The van der Waals surface area contributed by atoms with Crippen molar-refractivity contribution < 1.29 is 5.11 Å². The third kappa shape index (κ3) is 2.97. The second-order valence-corrected chi connectivity index (χ2v) is 8.41. The molecule has 8 heteroatoms. The van der Waals surface area contributed by atoms with E-state index in [-0.39, 0.29) is 5.88 Å². The summed E-state index contributed by atoms with van der Waals surface area (Å²) in [5.74, 6) is 0.0240. The highest BCUT2D eigenvalue weighted by molar-refractivity contribution is 7.15. The van der Waals surface area contributed by atoms with E-state index < -0.39 is 0 Å². The van der Waals surface area contributed by atoms with Gasteiger partial charge in [-0.1, -0.05) is 24.3 Å². The maximum atomic E-state index is 10.5. The van der Waals surface area contributed by atoms with Crippen molar-refractivity contribution in [3.63, 3.8) is 0 Å². The van der Waals surface area contributed by atoms with Crippen LogP contribution in [0.1, 0.15) is 11.4 Å². The summed E-state index contributed by atoms with van der Waals surface area (Å²) in [4.78, 5) is 6.01. The van der Waals surface area contributed by atoms with Crippen molar-refractivity contribution in [3.05, 3.63) is 64.6 Å². The Morgan fingerprint density at radius 2 is 1.79 bits per heavy atom. The number of nitrogens with one attached hydrogen (secondary N) is 1. The van der Waals surface area contributed by atoms with Crippen LogP contribution in [0.4, 0.5) is 0 Å². The Bertz CT molecular complexity index is 1260. The molecule has 144 valence electrons. The van der Waals surface area contributed by atoms with Crippen LogP contribution >= 0.6 is 22.7 Å². The van der Waals surface area contributed by atoms with E-state index in [0.717, 1.165) is 38.2 Å². The summed E-state index contributed by atoms with van der Waals surface area (Å²) >= 11 is 3.24. The van der Waals surface area contributed by atoms with E-state index in [9.17, 15) is 5.11 Å². The zero-order chi connectivity index (χ0) is 20.0. The first-order chi connectivity index (χ1) is 14.1. The molecule has 0 aliphatic rings. The maximum Gasteiger partial charge on any atom is 0.216 e. The molecule has 0 unspecified atom stereocenters. The van der Waals surface area contributed by atoms with Gasteiger partial charge in [-0.15, -0.1) is 22.7 Å². The molecule has 0 amide bonds. The molecule has 0 atom stereocenters. The normalized spacial score (nSPS) is 11.2. The van der Waals surface area contributed by atoms with Crippen LogP contribution in [-0.2, 0) is 0 Å². The van der Waals surface area contributed by atoms with Gasteiger partial charge in [-0.3, -0.25) is 0 Å². The first kappa shape index (κ1) is 17.8. The Hall–Kier alpha value is -3.23. The molecule has 5 rings (SSSR count). The van der Waals surface area contributed by atoms with Crippen LogP contribution in [0.25, 0.3) is 38.1 Å². The smallest absolute Gasteiger partial charge is 0.216 e. The van der Waals surface area contributed by atoms with Crippen LogP contribution in [0, 0.1) is 13.8 Å². The van der Waals surface area contributed by atoms with Crippen LogP contribution in [0.3, 0.4) is 0 Å². The second kappa shape index (κ2) is 6.98. The molecule has 2 N–H and O–H groups in total. The minimum atomic E-state index is 0.0240. The van der Waals surface area contributed by atoms with E-state index in [1.54, 1.807) is 22.7 Å². The molecule has 29 heavy (non-hydrogen) atoms. The minimum Gasteiger partial charge on any atom is -0.493 e. The molecule has 0 bridgehead atoms. The second-order valence-electron chi connectivity index (χ2n) is 6.60. The summed E-state index contributed by atoms with van der Waals surface area (Å²) < 4.78 is 1.86. The van der Waals surface area contributed by atoms with Crippen molar-refractivity contribution in [1.82, 2.24) is 25.0 Å². The SMILES string of the molecule is Cc1n[nH]c(O)c1-c1c(-c2nc(-c3cccs3)cs2)c(C)nn1-c1ccccc1. The Balaban J connectivity index is 1.77. The van der Waals surface area contributed by atoms with Crippen LogP contribution in [-0.4, -0.2) is 30.1 Å². The molecule has 4 aromatic heterocycles. The lowest BCUT2D eigenvalue weighted by Gasteiger charge is -2.09. The Morgan fingerprint density at radius 3 is 2.48 bits per heavy atom. The number of H-pyrrole nitrogens is 1. The predicted octanol–water partition coefficient (Wildman–Crippen LogP) is 5.44. The first-order valence-corrected chi connectivity index (χ1v) is 10.8. The average molecular weight is 420 g/mol. The summed E-state index contributed by atoms with van der Waals surface area (Å²) in [5, 5.41) is 27.2. The number of rotatable bonds is 4. The number of para-hydroxylation sites is 1. The highest BCUT2D eigenvalue weighted by atomic mass is 32.1. The van der Waals surface area contributed by atoms with E-state index in [2.05, 4.69) is 21.6 Å². The number of aryl methyl sites for hydroxylation is 2. The van der Waals surface area contributed by atoms with Gasteiger partial charge in [0.05, 0.1) is 44.5 Å². The maximum absolute atomic E-state index is 10.5. The third-order valence-corrected chi connectivity index (χ3v) is 6.47. The van der Waals surface area contributed by atoms with Gasteiger partial charge >= 0.3 is 0 Å². The van der Waals surface area contributed by atoms with Crippen LogP contribution in [0.15, 0.2) is 53.2 Å². The van der Waals surface area contributed by atoms with E-state index in [0.29, 0.717) is 11.3 Å². The number of aromatic amines is 1. The number of hydrogen-bond acceptors (Lipinski definition) is 6. The molecule has 1 aromatic carbocycles. The van der Waals surface area contributed by atoms with E-state index in [1.165, 1.54) is 0 Å². The van der Waals surface area contributed by atoms with Crippen molar-refractivity contribution in [1.29, 1.82) is 0 Å². The Morgan fingerprint density at radius 1 is 0.966 bits per heavy atom. The van der Waals surface area contributed by atoms with Gasteiger partial charge in [0.2, 0.25) is 5.88 Å². The van der Waals surface area contributed by atoms with Crippen LogP contribution < -0.4 is 0 Å². The Kier molecular flexibility index (Phi) is 4.30. The quantitative estimate of drug-likeness (QED) is 0.407. The molecule has 5 aromatic rings. The van der Waals surface area contributed by atoms with E-state index in [1.807, 2.05) is 60.3 Å². The molecule has 0 aliphatic heterocycles. The van der Waals surface area contributed by atoms with Gasteiger partial charge in [0.1, 0.15) is 5.01 Å². The summed E-state index contributed by atoms with van der Waals surface area (Å²) in [7, 11) is 0. The van der Waals surface area contributed by atoms with Gasteiger partial charge in [0, 0.05) is 5.38 Å². The highest BCUT2D eigenvalue weighted by Crippen LogP contribution is 2.42. The number of thiophene rings is 1. The topological polar surface area (TPSA) is 79.6 Å². The molecule has 6 nitrogen and oxygen atoms in total. The monoisotopic (exact) mass is 419 g/mol. The lowest BCUT2D eigenvalue weighted by molar-refractivity contribution is 0.453. The Labute approximate surface area is 175 Å². The number of aromatic nitrogens is 5. The number of nitrogens with zero attached hydrogens (tertiary/aromatic N) is 4. The van der Waals surface area contributed by atoms with Crippen LogP contribution in [0.5, 0.6) is 5.88 Å². The molecule has 0 saturated heterocycles. The predicted molar refractivity (Wildman–Crippen MR) is 117 cm³/mol. The first-order valence-electron chi connectivity index (χ1n) is 9.02. The fourth-order valence-corrected chi connectivity index (χ4v) is 5.08. The zero-order valence-corrected chi connectivity index (χ0v) is 17.4. The van der Waals surface area contributed by atoms with Crippen molar-refractivity contribution in [2.75, 3.05) is 0 Å². The van der Waals surface area contributed by atoms with Crippen molar-refractivity contribution in [3.8, 4) is 44.0 Å². The van der Waals surface area contributed by atoms with Gasteiger partial charge in [-0.25, -0.2) is 14.8 Å². The molecule has 4 heterocycles. The van der Waals surface area contributed by atoms with E-state index >= 15 is 0 Å².